The average molecular weight is 395 g/mol. The molecule has 0 radical (unpaired) electrons. The van der Waals surface area contributed by atoms with Crippen LogP contribution in [0, 0.1) is 0 Å². The molecule has 0 bridgehead atoms. The molecule has 1 amide bonds. The Morgan fingerprint density at radius 3 is 2.56 bits per heavy atom. The van der Waals surface area contributed by atoms with Crippen molar-refractivity contribution in [2.24, 2.45) is 4.99 Å². The van der Waals surface area contributed by atoms with Crippen LogP contribution in [0.2, 0.25) is 5.02 Å². The number of methoxy groups -OCH3 is 1. The van der Waals surface area contributed by atoms with Crippen molar-refractivity contribution in [3.05, 3.63) is 76.2 Å². The zero-order valence-electron chi connectivity index (χ0n) is 14.4. The van der Waals surface area contributed by atoms with E-state index in [2.05, 4.69) is 10.3 Å². The van der Waals surface area contributed by atoms with Crippen molar-refractivity contribution >= 4 is 57.0 Å². The van der Waals surface area contributed by atoms with Crippen LogP contribution in [0.4, 0.5) is 5.69 Å². The number of nitrogens with zero attached hydrogens (tertiary/aromatic N) is 1. The molecule has 1 aliphatic rings. The van der Waals surface area contributed by atoms with Crippen molar-refractivity contribution in [2.45, 2.75) is 0 Å². The maximum absolute atomic E-state index is 12.4. The third kappa shape index (κ3) is 3.56. The minimum atomic E-state index is -0.175. The van der Waals surface area contributed by atoms with Crippen LogP contribution in [0.1, 0.15) is 5.56 Å². The van der Waals surface area contributed by atoms with Crippen molar-refractivity contribution in [3.63, 3.8) is 0 Å². The summed E-state index contributed by atoms with van der Waals surface area (Å²) in [5, 5.41) is 5.87. The highest BCUT2D eigenvalue weighted by atomic mass is 35.5. The van der Waals surface area contributed by atoms with Crippen molar-refractivity contribution in [1.82, 2.24) is 5.32 Å². The fraction of sp³-hybridized carbons (Fsp3) is 0.0476. The first-order valence-corrected chi connectivity index (χ1v) is 9.45. The highest BCUT2D eigenvalue weighted by Gasteiger charge is 2.24. The van der Waals surface area contributed by atoms with Gasteiger partial charge in [0.05, 0.1) is 22.7 Å². The van der Waals surface area contributed by atoms with Gasteiger partial charge in [-0.25, -0.2) is 4.99 Å². The molecule has 6 heteroatoms. The molecule has 0 aromatic heterocycles. The Balaban J connectivity index is 1.71. The van der Waals surface area contributed by atoms with Gasteiger partial charge in [0.15, 0.2) is 5.17 Å². The molecule has 1 aliphatic heterocycles. The Bertz CT molecular complexity index is 1110. The number of halogens is 1. The number of amidine groups is 1. The number of carbonyl (C=O) groups excluding carboxylic acids is 1. The molecule has 27 heavy (non-hydrogen) atoms. The van der Waals surface area contributed by atoms with E-state index in [1.165, 1.54) is 11.8 Å². The van der Waals surface area contributed by atoms with Crippen molar-refractivity contribution in [1.29, 1.82) is 0 Å². The van der Waals surface area contributed by atoms with Crippen LogP contribution < -0.4 is 10.1 Å². The Kier molecular flexibility index (Phi) is 4.88. The lowest BCUT2D eigenvalue weighted by Gasteiger charge is -2.08. The molecule has 1 heterocycles. The van der Waals surface area contributed by atoms with Gasteiger partial charge in [-0.1, -0.05) is 54.1 Å². The van der Waals surface area contributed by atoms with Gasteiger partial charge in [0, 0.05) is 5.39 Å². The van der Waals surface area contributed by atoms with Crippen molar-refractivity contribution < 1.29 is 9.53 Å². The standard InChI is InChI=1S/C21H15ClN2O2S/c1-26-18-11-10-13(14-6-2-3-7-15(14)18)12-19-20(25)24-21(27-19)23-17-9-5-4-8-16(17)22/h2-12H,1H3,(H,23,24,25)/b19-12+. The first kappa shape index (κ1) is 17.6. The molecule has 1 fully saturated rings. The van der Waals surface area contributed by atoms with Crippen molar-refractivity contribution in [2.75, 3.05) is 7.11 Å². The van der Waals surface area contributed by atoms with Gasteiger partial charge in [0.1, 0.15) is 5.75 Å². The zero-order valence-corrected chi connectivity index (χ0v) is 16.0. The van der Waals surface area contributed by atoms with Crippen LogP contribution in [-0.2, 0) is 4.79 Å². The molecule has 4 nitrogen and oxygen atoms in total. The summed E-state index contributed by atoms with van der Waals surface area (Å²) in [6.07, 6.45) is 1.87. The van der Waals surface area contributed by atoms with E-state index >= 15 is 0 Å². The summed E-state index contributed by atoms with van der Waals surface area (Å²) >= 11 is 7.44. The van der Waals surface area contributed by atoms with E-state index in [1.807, 2.05) is 54.6 Å². The fourth-order valence-electron chi connectivity index (χ4n) is 2.87. The Labute approximate surface area is 165 Å². The lowest BCUT2D eigenvalue weighted by molar-refractivity contribution is -0.115. The smallest absolute Gasteiger partial charge is 0.264 e. The lowest BCUT2D eigenvalue weighted by atomic mass is 10.0. The number of hydrogen-bond donors (Lipinski definition) is 1. The molecule has 3 aromatic carbocycles. The fourth-order valence-corrected chi connectivity index (χ4v) is 3.88. The third-order valence-electron chi connectivity index (χ3n) is 4.15. The van der Waals surface area contributed by atoms with Crippen LogP contribution >= 0.6 is 23.4 Å². The highest BCUT2D eigenvalue weighted by molar-refractivity contribution is 8.18. The molecule has 134 valence electrons. The molecular formula is C21H15ClN2O2S. The third-order valence-corrected chi connectivity index (χ3v) is 5.38. The number of benzene rings is 3. The molecule has 0 aliphatic carbocycles. The molecule has 1 saturated heterocycles. The Hall–Kier alpha value is -2.76. The van der Waals surface area contributed by atoms with E-state index in [-0.39, 0.29) is 5.91 Å². The SMILES string of the molecule is COc1ccc(/C=C2/SC(=Nc3ccccc3Cl)NC2=O)c2ccccc12. The summed E-state index contributed by atoms with van der Waals surface area (Å²) in [5.41, 5.74) is 1.57. The first-order valence-electron chi connectivity index (χ1n) is 8.25. The van der Waals surface area contributed by atoms with Crippen LogP contribution in [0.25, 0.3) is 16.8 Å². The number of fused-ring (bicyclic) bond motifs is 1. The van der Waals surface area contributed by atoms with E-state index in [9.17, 15) is 4.79 Å². The summed E-state index contributed by atoms with van der Waals surface area (Å²) in [6, 6.07) is 19.1. The first-order chi connectivity index (χ1) is 13.2. The van der Waals surface area contributed by atoms with Crippen molar-refractivity contribution in [3.8, 4) is 5.75 Å². The van der Waals surface area contributed by atoms with Gasteiger partial charge in [0.2, 0.25) is 0 Å². The molecule has 0 atom stereocenters. The molecular weight excluding hydrogens is 380 g/mol. The molecule has 4 rings (SSSR count). The zero-order chi connectivity index (χ0) is 18.8. The molecule has 0 spiro atoms. The highest BCUT2D eigenvalue weighted by Crippen LogP contribution is 2.34. The quantitative estimate of drug-likeness (QED) is 0.605. The van der Waals surface area contributed by atoms with E-state index in [1.54, 1.807) is 19.2 Å². The van der Waals surface area contributed by atoms with E-state index in [4.69, 9.17) is 16.3 Å². The van der Waals surface area contributed by atoms with E-state index < -0.39 is 0 Å². The largest absolute Gasteiger partial charge is 0.496 e. The number of carbonyl (C=O) groups is 1. The van der Waals surface area contributed by atoms with Crippen LogP contribution in [-0.4, -0.2) is 18.2 Å². The minimum absolute atomic E-state index is 0.175. The van der Waals surface area contributed by atoms with Crippen LogP contribution in [0.15, 0.2) is 70.6 Å². The van der Waals surface area contributed by atoms with Gasteiger partial charge in [-0.15, -0.1) is 0 Å². The predicted molar refractivity (Wildman–Crippen MR) is 113 cm³/mol. The molecule has 0 unspecified atom stereocenters. The normalized spacial score (nSPS) is 16.9. The van der Waals surface area contributed by atoms with Crippen LogP contribution in [0.3, 0.4) is 0 Å². The number of nitrogens with one attached hydrogen (secondary N) is 1. The maximum Gasteiger partial charge on any atom is 0.264 e. The van der Waals surface area contributed by atoms with E-state index in [0.29, 0.717) is 20.8 Å². The summed E-state index contributed by atoms with van der Waals surface area (Å²) < 4.78 is 5.43. The van der Waals surface area contributed by atoms with Gasteiger partial charge < -0.3 is 10.1 Å². The maximum atomic E-state index is 12.4. The van der Waals surface area contributed by atoms with Gasteiger partial charge in [-0.05, 0) is 47.0 Å². The molecule has 3 aromatic rings. The molecule has 1 N–H and O–H groups in total. The van der Waals surface area contributed by atoms with Crippen LogP contribution in [0.5, 0.6) is 5.75 Å². The summed E-state index contributed by atoms with van der Waals surface area (Å²) in [7, 11) is 1.65. The second kappa shape index (κ2) is 7.47. The summed E-state index contributed by atoms with van der Waals surface area (Å²) in [6.45, 7) is 0. The number of aliphatic imine (C=N–C) groups is 1. The average Bonchev–Trinajstić information content (AvgIpc) is 3.03. The summed E-state index contributed by atoms with van der Waals surface area (Å²) in [5.74, 6) is 0.628. The lowest BCUT2D eigenvalue weighted by Crippen LogP contribution is -2.19. The van der Waals surface area contributed by atoms with Gasteiger partial charge in [-0.3, -0.25) is 4.79 Å². The second-order valence-electron chi connectivity index (χ2n) is 5.84. The topological polar surface area (TPSA) is 50.7 Å². The van der Waals surface area contributed by atoms with Gasteiger partial charge in [-0.2, -0.15) is 0 Å². The minimum Gasteiger partial charge on any atom is -0.496 e. The van der Waals surface area contributed by atoms with Gasteiger partial charge in [0.25, 0.3) is 5.91 Å². The second-order valence-corrected chi connectivity index (χ2v) is 7.27. The van der Waals surface area contributed by atoms with E-state index in [0.717, 1.165) is 22.1 Å². The van der Waals surface area contributed by atoms with Gasteiger partial charge >= 0.3 is 0 Å². The number of ether oxygens (including phenoxy) is 1. The number of para-hydroxylation sites is 1. The summed E-state index contributed by atoms with van der Waals surface area (Å²) in [4.78, 5) is 17.4. The Morgan fingerprint density at radius 1 is 1.04 bits per heavy atom. The number of rotatable bonds is 3. The molecule has 0 saturated carbocycles. The number of amides is 1. The monoisotopic (exact) mass is 394 g/mol. The number of hydrogen-bond acceptors (Lipinski definition) is 4. The number of thioether (sulfide) groups is 1. The predicted octanol–water partition coefficient (Wildman–Crippen LogP) is 5.39. The Morgan fingerprint density at radius 2 is 1.78 bits per heavy atom.